The van der Waals surface area contributed by atoms with E-state index in [0.717, 1.165) is 37.4 Å². The van der Waals surface area contributed by atoms with Crippen molar-refractivity contribution in [2.45, 2.75) is 25.7 Å². The fraction of sp³-hybridized carbons (Fsp3) is 0.471. The molecule has 23 heavy (non-hydrogen) atoms. The van der Waals surface area contributed by atoms with Gasteiger partial charge in [0.25, 0.3) is 5.91 Å². The molecule has 1 amide bonds. The first-order valence-corrected chi connectivity index (χ1v) is 8.24. The Bertz CT molecular complexity index is 691. The molecule has 2 aromatic heterocycles. The van der Waals surface area contributed by atoms with E-state index in [-0.39, 0.29) is 5.91 Å². The van der Waals surface area contributed by atoms with Crippen LogP contribution in [0, 0.1) is 0 Å². The summed E-state index contributed by atoms with van der Waals surface area (Å²) in [6.45, 7) is 2.91. The number of aromatic nitrogens is 2. The van der Waals surface area contributed by atoms with Gasteiger partial charge in [0.15, 0.2) is 11.6 Å². The maximum Gasteiger partial charge on any atom is 0.289 e. The van der Waals surface area contributed by atoms with Crippen LogP contribution in [0.1, 0.15) is 34.7 Å². The fourth-order valence-corrected chi connectivity index (χ4v) is 3.33. The molecule has 0 bridgehead atoms. The van der Waals surface area contributed by atoms with Gasteiger partial charge in [0.2, 0.25) is 0 Å². The Labute approximate surface area is 135 Å². The number of hydrogen-bond donors (Lipinski definition) is 0. The molecule has 1 saturated heterocycles. The minimum atomic E-state index is -0.0359. The third-order valence-corrected chi connectivity index (χ3v) is 4.68. The zero-order chi connectivity index (χ0) is 15.6. The van der Waals surface area contributed by atoms with Gasteiger partial charge in [-0.1, -0.05) is 0 Å². The third-order valence-electron chi connectivity index (χ3n) is 4.68. The van der Waals surface area contributed by atoms with E-state index in [1.165, 1.54) is 24.7 Å². The summed E-state index contributed by atoms with van der Waals surface area (Å²) >= 11 is 0. The zero-order valence-electron chi connectivity index (χ0n) is 13.1. The summed E-state index contributed by atoms with van der Waals surface area (Å²) in [5, 5.41) is 8.79. The molecule has 1 fully saturated rings. The maximum atomic E-state index is 12.3. The lowest BCUT2D eigenvalue weighted by molar-refractivity contribution is 0.0714. The molecule has 0 spiro atoms. The monoisotopic (exact) mass is 312 g/mol. The van der Waals surface area contributed by atoms with Crippen LogP contribution in [0.5, 0.6) is 0 Å². The molecule has 2 aromatic rings. The largest absolute Gasteiger partial charge is 0.459 e. The van der Waals surface area contributed by atoms with Crippen molar-refractivity contribution in [2.24, 2.45) is 0 Å². The van der Waals surface area contributed by atoms with Gasteiger partial charge in [-0.15, -0.1) is 5.10 Å². The second-order valence-electron chi connectivity index (χ2n) is 6.14. The molecular formula is C17H20N4O2. The summed E-state index contributed by atoms with van der Waals surface area (Å²) < 4.78 is 5.20. The minimum absolute atomic E-state index is 0.0359. The molecule has 0 saturated carbocycles. The van der Waals surface area contributed by atoms with E-state index in [4.69, 9.17) is 4.42 Å². The van der Waals surface area contributed by atoms with Gasteiger partial charge in [0, 0.05) is 26.2 Å². The van der Waals surface area contributed by atoms with Gasteiger partial charge < -0.3 is 14.2 Å². The molecule has 0 unspecified atom stereocenters. The lowest BCUT2D eigenvalue weighted by Gasteiger charge is -2.35. The van der Waals surface area contributed by atoms with Crippen LogP contribution in [0.25, 0.3) is 0 Å². The van der Waals surface area contributed by atoms with E-state index < -0.39 is 0 Å². The van der Waals surface area contributed by atoms with Crippen molar-refractivity contribution in [1.82, 2.24) is 15.1 Å². The van der Waals surface area contributed by atoms with Gasteiger partial charge >= 0.3 is 0 Å². The molecule has 0 N–H and O–H groups in total. The number of rotatable bonds is 2. The van der Waals surface area contributed by atoms with Gasteiger partial charge in [0.05, 0.1) is 12.0 Å². The Kier molecular flexibility index (Phi) is 3.73. The molecule has 3 heterocycles. The van der Waals surface area contributed by atoms with E-state index in [1.807, 2.05) is 4.90 Å². The molecule has 1 aliphatic heterocycles. The Balaban J connectivity index is 1.42. The van der Waals surface area contributed by atoms with Crippen LogP contribution in [0.15, 0.2) is 28.9 Å². The molecule has 120 valence electrons. The molecule has 6 heteroatoms. The topological polar surface area (TPSA) is 62.5 Å². The van der Waals surface area contributed by atoms with Gasteiger partial charge in [-0.25, -0.2) is 0 Å². The first-order chi connectivity index (χ1) is 11.3. The molecule has 0 atom stereocenters. The predicted octanol–water partition coefficient (Wildman–Crippen LogP) is 1.91. The highest BCUT2D eigenvalue weighted by molar-refractivity contribution is 5.91. The summed E-state index contributed by atoms with van der Waals surface area (Å²) in [5.41, 5.74) is 2.50. The number of fused-ring (bicyclic) bond motifs is 1. The van der Waals surface area contributed by atoms with Crippen LogP contribution in [0.2, 0.25) is 0 Å². The summed E-state index contributed by atoms with van der Waals surface area (Å²) in [7, 11) is 0. The van der Waals surface area contributed by atoms with Crippen molar-refractivity contribution in [2.75, 3.05) is 31.1 Å². The second-order valence-corrected chi connectivity index (χ2v) is 6.14. The van der Waals surface area contributed by atoms with Gasteiger partial charge in [-0.2, -0.15) is 5.10 Å². The molecule has 1 aliphatic carbocycles. The Morgan fingerprint density at radius 2 is 1.91 bits per heavy atom. The Morgan fingerprint density at radius 3 is 2.70 bits per heavy atom. The number of carbonyl (C=O) groups excluding carboxylic acids is 1. The number of hydrogen-bond acceptors (Lipinski definition) is 5. The van der Waals surface area contributed by atoms with Crippen LogP contribution in [-0.4, -0.2) is 47.2 Å². The van der Waals surface area contributed by atoms with E-state index in [1.54, 1.807) is 12.1 Å². The zero-order valence-corrected chi connectivity index (χ0v) is 13.1. The Morgan fingerprint density at radius 1 is 1.09 bits per heavy atom. The average molecular weight is 312 g/mol. The van der Waals surface area contributed by atoms with E-state index in [0.29, 0.717) is 18.8 Å². The highest BCUT2D eigenvalue weighted by Gasteiger charge is 2.25. The van der Waals surface area contributed by atoms with Gasteiger partial charge in [-0.3, -0.25) is 4.79 Å². The smallest absolute Gasteiger partial charge is 0.289 e. The number of piperazine rings is 1. The predicted molar refractivity (Wildman–Crippen MR) is 85.5 cm³/mol. The Hall–Kier alpha value is -2.37. The summed E-state index contributed by atoms with van der Waals surface area (Å²) in [6.07, 6.45) is 6.15. The molecule has 0 aromatic carbocycles. The van der Waals surface area contributed by atoms with Gasteiger partial charge in [-0.05, 0) is 49.4 Å². The highest BCUT2D eigenvalue weighted by atomic mass is 16.3. The number of furan rings is 1. The summed E-state index contributed by atoms with van der Waals surface area (Å²) in [4.78, 5) is 16.3. The minimum Gasteiger partial charge on any atom is -0.459 e. The van der Waals surface area contributed by atoms with Crippen LogP contribution >= 0.6 is 0 Å². The average Bonchev–Trinajstić information content (AvgIpc) is 3.15. The molecule has 0 radical (unpaired) electrons. The molecular weight excluding hydrogens is 292 g/mol. The van der Waals surface area contributed by atoms with Crippen molar-refractivity contribution in [1.29, 1.82) is 0 Å². The van der Waals surface area contributed by atoms with Crippen LogP contribution < -0.4 is 4.90 Å². The number of carbonyl (C=O) groups is 1. The van der Waals surface area contributed by atoms with E-state index in [2.05, 4.69) is 21.2 Å². The standard InChI is InChI=1S/C17H20N4O2/c22-17(15-6-3-11-23-15)21-9-7-20(8-10-21)16-12-13-4-1-2-5-14(13)18-19-16/h3,6,11-12H,1-2,4-5,7-10H2. The van der Waals surface area contributed by atoms with Crippen molar-refractivity contribution in [3.8, 4) is 0 Å². The summed E-state index contributed by atoms with van der Waals surface area (Å²) in [5.74, 6) is 1.31. The van der Waals surface area contributed by atoms with E-state index >= 15 is 0 Å². The summed E-state index contributed by atoms with van der Waals surface area (Å²) in [6, 6.07) is 5.64. The molecule has 6 nitrogen and oxygen atoms in total. The number of aryl methyl sites for hydroxylation is 2. The SMILES string of the molecule is O=C(c1ccco1)N1CCN(c2cc3c(nn2)CCCC3)CC1. The fourth-order valence-electron chi connectivity index (χ4n) is 3.33. The number of anilines is 1. The van der Waals surface area contributed by atoms with E-state index in [9.17, 15) is 4.79 Å². The first-order valence-electron chi connectivity index (χ1n) is 8.24. The van der Waals surface area contributed by atoms with Crippen molar-refractivity contribution < 1.29 is 9.21 Å². The first kappa shape index (κ1) is 14.2. The third kappa shape index (κ3) is 2.81. The number of nitrogens with zero attached hydrogens (tertiary/aromatic N) is 4. The highest BCUT2D eigenvalue weighted by Crippen LogP contribution is 2.23. The lowest BCUT2D eigenvalue weighted by atomic mass is 9.97. The van der Waals surface area contributed by atoms with Crippen LogP contribution in [-0.2, 0) is 12.8 Å². The normalized spacial score (nSPS) is 17.9. The lowest BCUT2D eigenvalue weighted by Crippen LogP contribution is -2.49. The van der Waals surface area contributed by atoms with Crippen LogP contribution in [0.3, 0.4) is 0 Å². The van der Waals surface area contributed by atoms with Crippen molar-refractivity contribution >= 4 is 11.7 Å². The quantitative estimate of drug-likeness (QED) is 0.847. The second kappa shape index (κ2) is 6.02. The van der Waals surface area contributed by atoms with Crippen LogP contribution in [0.4, 0.5) is 5.82 Å². The van der Waals surface area contributed by atoms with Gasteiger partial charge in [0.1, 0.15) is 0 Å². The van der Waals surface area contributed by atoms with Crippen molar-refractivity contribution in [3.05, 3.63) is 41.5 Å². The molecule has 4 rings (SSSR count). The maximum absolute atomic E-state index is 12.3. The van der Waals surface area contributed by atoms with Crippen molar-refractivity contribution in [3.63, 3.8) is 0 Å². The number of amides is 1. The molecule has 2 aliphatic rings.